The second-order valence-electron chi connectivity index (χ2n) is 6.57. The highest BCUT2D eigenvalue weighted by molar-refractivity contribution is 7.19. The number of nitrogens with zero attached hydrogens (tertiary/aromatic N) is 3. The Kier molecular flexibility index (Phi) is 5.58. The molecule has 0 unspecified atom stereocenters. The van der Waals surface area contributed by atoms with E-state index in [1.165, 1.54) is 0 Å². The number of hydrogen-bond acceptors (Lipinski definition) is 5. The van der Waals surface area contributed by atoms with Gasteiger partial charge in [0.25, 0.3) is 0 Å². The Bertz CT molecular complexity index is 957. The Hall–Kier alpha value is -2.86. The molecule has 5 nitrogen and oxygen atoms in total. The molecule has 2 aromatic carbocycles. The van der Waals surface area contributed by atoms with Crippen LogP contribution in [0, 0.1) is 0 Å². The monoisotopic (exact) mass is 393 g/mol. The number of carbonyl (C=O) groups is 1. The second-order valence-corrected chi connectivity index (χ2v) is 7.63. The predicted octanol–water partition coefficient (Wildman–Crippen LogP) is 4.06. The van der Waals surface area contributed by atoms with E-state index in [0.29, 0.717) is 19.7 Å². The maximum atomic E-state index is 12.6. The minimum atomic E-state index is 0.0389. The van der Waals surface area contributed by atoms with Crippen LogP contribution in [0.25, 0.3) is 16.3 Å². The van der Waals surface area contributed by atoms with Crippen LogP contribution < -0.4 is 9.64 Å². The Morgan fingerprint density at radius 2 is 1.86 bits per heavy atom. The van der Waals surface area contributed by atoms with Gasteiger partial charge in [0, 0.05) is 32.3 Å². The second kappa shape index (κ2) is 8.44. The molecule has 0 N–H and O–H groups in total. The average molecular weight is 394 g/mol. The number of rotatable bonds is 5. The number of benzene rings is 2. The zero-order valence-electron chi connectivity index (χ0n) is 15.9. The summed E-state index contributed by atoms with van der Waals surface area (Å²) < 4.78 is 6.87. The largest absolute Gasteiger partial charge is 0.492 e. The van der Waals surface area contributed by atoms with Crippen LogP contribution in [-0.2, 0) is 4.79 Å². The van der Waals surface area contributed by atoms with E-state index in [0.717, 1.165) is 39.8 Å². The lowest BCUT2D eigenvalue weighted by molar-refractivity contribution is -0.126. The minimum Gasteiger partial charge on any atom is -0.492 e. The number of hydrogen-bond donors (Lipinski definition) is 0. The van der Waals surface area contributed by atoms with Crippen LogP contribution in [0.2, 0.25) is 0 Å². The van der Waals surface area contributed by atoms with E-state index >= 15 is 0 Å². The molecule has 144 valence electrons. The maximum Gasteiger partial charge on any atom is 0.246 e. The van der Waals surface area contributed by atoms with Crippen molar-refractivity contribution in [1.82, 2.24) is 9.88 Å². The number of para-hydroxylation sites is 3. The van der Waals surface area contributed by atoms with Crippen molar-refractivity contribution in [3.8, 4) is 5.75 Å². The summed E-state index contributed by atoms with van der Waals surface area (Å²) in [6.45, 7) is 5.62. The predicted molar refractivity (Wildman–Crippen MR) is 115 cm³/mol. The molecule has 2 heterocycles. The number of ether oxygens (including phenoxy) is 1. The third kappa shape index (κ3) is 4.02. The summed E-state index contributed by atoms with van der Waals surface area (Å²) in [5.74, 6) is 0.942. The van der Waals surface area contributed by atoms with Crippen molar-refractivity contribution in [2.24, 2.45) is 0 Å². The average Bonchev–Trinajstić information content (AvgIpc) is 3.16. The third-order valence-corrected chi connectivity index (χ3v) is 5.78. The number of aromatic nitrogens is 1. The first-order valence-electron chi connectivity index (χ1n) is 9.54. The van der Waals surface area contributed by atoms with E-state index in [4.69, 9.17) is 4.74 Å². The SMILES string of the molecule is CCOc1ccccc1N1CCN(C(=O)/C=C/c2nc3ccccc3s2)CC1. The van der Waals surface area contributed by atoms with Crippen molar-refractivity contribution in [3.63, 3.8) is 0 Å². The van der Waals surface area contributed by atoms with Crippen LogP contribution >= 0.6 is 11.3 Å². The van der Waals surface area contributed by atoms with Gasteiger partial charge in [0.2, 0.25) is 5.91 Å². The Morgan fingerprint density at radius 1 is 1.11 bits per heavy atom. The van der Waals surface area contributed by atoms with Crippen molar-refractivity contribution in [1.29, 1.82) is 0 Å². The zero-order chi connectivity index (χ0) is 19.3. The molecular weight excluding hydrogens is 370 g/mol. The third-order valence-electron chi connectivity index (χ3n) is 4.78. The topological polar surface area (TPSA) is 45.7 Å². The number of thiazole rings is 1. The molecule has 0 atom stereocenters. The van der Waals surface area contributed by atoms with E-state index in [1.54, 1.807) is 17.4 Å². The van der Waals surface area contributed by atoms with E-state index in [-0.39, 0.29) is 5.91 Å². The summed E-state index contributed by atoms with van der Waals surface area (Å²) in [5, 5.41) is 0.860. The van der Waals surface area contributed by atoms with Gasteiger partial charge in [-0.3, -0.25) is 4.79 Å². The molecule has 0 saturated carbocycles. The van der Waals surface area contributed by atoms with Gasteiger partial charge in [0.05, 0.1) is 22.5 Å². The van der Waals surface area contributed by atoms with Crippen LogP contribution in [0.5, 0.6) is 5.75 Å². The van der Waals surface area contributed by atoms with Crippen LogP contribution in [0.4, 0.5) is 5.69 Å². The summed E-state index contributed by atoms with van der Waals surface area (Å²) in [6.07, 6.45) is 3.46. The highest BCUT2D eigenvalue weighted by Gasteiger charge is 2.21. The molecule has 1 aliphatic rings. The van der Waals surface area contributed by atoms with E-state index < -0.39 is 0 Å². The van der Waals surface area contributed by atoms with Gasteiger partial charge in [-0.05, 0) is 37.3 Å². The normalized spacial score (nSPS) is 14.8. The minimum absolute atomic E-state index is 0.0389. The summed E-state index contributed by atoms with van der Waals surface area (Å²) >= 11 is 1.60. The number of carbonyl (C=O) groups excluding carboxylic acids is 1. The lowest BCUT2D eigenvalue weighted by Gasteiger charge is -2.36. The van der Waals surface area contributed by atoms with Gasteiger partial charge in [0.15, 0.2) is 0 Å². The van der Waals surface area contributed by atoms with Gasteiger partial charge in [-0.15, -0.1) is 11.3 Å². The maximum absolute atomic E-state index is 12.6. The Morgan fingerprint density at radius 3 is 2.64 bits per heavy atom. The first-order chi connectivity index (χ1) is 13.7. The smallest absolute Gasteiger partial charge is 0.246 e. The highest BCUT2D eigenvalue weighted by Crippen LogP contribution is 2.29. The fraction of sp³-hybridized carbons (Fsp3) is 0.273. The molecule has 28 heavy (non-hydrogen) atoms. The van der Waals surface area contributed by atoms with Crippen molar-refractivity contribution in [2.75, 3.05) is 37.7 Å². The molecule has 1 fully saturated rings. The zero-order valence-corrected chi connectivity index (χ0v) is 16.7. The van der Waals surface area contributed by atoms with Gasteiger partial charge in [-0.1, -0.05) is 24.3 Å². The molecular formula is C22H23N3O2S. The molecule has 4 rings (SSSR count). The Labute approximate surface area is 168 Å². The standard InChI is InChI=1S/C22H23N3O2S/c1-2-27-19-9-5-4-8-18(19)24-13-15-25(16-14-24)22(26)12-11-21-23-17-7-3-6-10-20(17)28-21/h3-12H,2,13-16H2,1H3/b12-11+. The first kappa shape index (κ1) is 18.5. The quantitative estimate of drug-likeness (QED) is 0.614. The van der Waals surface area contributed by atoms with Crippen LogP contribution in [0.15, 0.2) is 54.6 Å². The fourth-order valence-electron chi connectivity index (χ4n) is 3.37. The molecule has 0 bridgehead atoms. The molecule has 1 amide bonds. The number of amides is 1. The van der Waals surface area contributed by atoms with Crippen molar-refractivity contribution >= 4 is 39.2 Å². The molecule has 6 heteroatoms. The van der Waals surface area contributed by atoms with Crippen molar-refractivity contribution in [3.05, 3.63) is 59.6 Å². The van der Waals surface area contributed by atoms with Crippen molar-refractivity contribution < 1.29 is 9.53 Å². The van der Waals surface area contributed by atoms with Gasteiger partial charge < -0.3 is 14.5 Å². The van der Waals surface area contributed by atoms with Crippen LogP contribution in [0.3, 0.4) is 0 Å². The molecule has 0 spiro atoms. The summed E-state index contributed by atoms with van der Waals surface area (Å²) in [5.41, 5.74) is 2.07. The fourth-order valence-corrected chi connectivity index (χ4v) is 4.24. The summed E-state index contributed by atoms with van der Waals surface area (Å²) in [6, 6.07) is 16.1. The van der Waals surface area contributed by atoms with Gasteiger partial charge in [-0.25, -0.2) is 4.98 Å². The van der Waals surface area contributed by atoms with E-state index in [9.17, 15) is 4.79 Å². The molecule has 0 radical (unpaired) electrons. The number of anilines is 1. The summed E-state index contributed by atoms with van der Waals surface area (Å²) in [4.78, 5) is 21.3. The Balaban J connectivity index is 1.37. The van der Waals surface area contributed by atoms with Gasteiger partial charge in [-0.2, -0.15) is 0 Å². The lowest BCUT2D eigenvalue weighted by Crippen LogP contribution is -2.48. The lowest BCUT2D eigenvalue weighted by atomic mass is 10.2. The molecule has 1 aliphatic heterocycles. The molecule has 1 saturated heterocycles. The van der Waals surface area contributed by atoms with Crippen LogP contribution in [-0.4, -0.2) is 48.6 Å². The molecule has 0 aliphatic carbocycles. The summed E-state index contributed by atoms with van der Waals surface area (Å²) in [7, 11) is 0. The first-order valence-corrected chi connectivity index (χ1v) is 10.4. The molecule has 1 aromatic heterocycles. The molecule has 3 aromatic rings. The number of fused-ring (bicyclic) bond motifs is 1. The van der Waals surface area contributed by atoms with E-state index in [2.05, 4.69) is 16.0 Å². The van der Waals surface area contributed by atoms with Gasteiger partial charge in [0.1, 0.15) is 10.8 Å². The van der Waals surface area contributed by atoms with Crippen molar-refractivity contribution in [2.45, 2.75) is 6.92 Å². The van der Waals surface area contributed by atoms with Crippen LogP contribution in [0.1, 0.15) is 11.9 Å². The highest BCUT2D eigenvalue weighted by atomic mass is 32.1. The van der Waals surface area contributed by atoms with Gasteiger partial charge >= 0.3 is 0 Å². The van der Waals surface area contributed by atoms with E-state index in [1.807, 2.05) is 60.4 Å². The number of piperazine rings is 1.